The largest absolute Gasteiger partial charge is 0.355 e. The molecular weight excluding hydrogens is 214 g/mol. The lowest BCUT2D eigenvalue weighted by molar-refractivity contribution is 1.06. The van der Waals surface area contributed by atoms with Crippen molar-refractivity contribution in [2.24, 2.45) is 0 Å². The quantitative estimate of drug-likeness (QED) is 0.873. The third-order valence-corrected chi connectivity index (χ3v) is 3.56. The Labute approximate surface area is 90.9 Å². The first-order valence-corrected chi connectivity index (χ1v) is 6.07. The van der Waals surface area contributed by atoms with Crippen molar-refractivity contribution in [3.8, 4) is 0 Å². The Balaban J connectivity index is 1.94. The average molecular weight is 225 g/mol. The van der Waals surface area contributed by atoms with E-state index in [1.165, 1.54) is 0 Å². The van der Waals surface area contributed by atoms with Gasteiger partial charge in [0.1, 0.15) is 5.01 Å². The minimum atomic E-state index is 0.769. The van der Waals surface area contributed by atoms with Crippen LogP contribution in [0.4, 0.5) is 5.13 Å². The molecule has 0 spiro atoms. The first-order chi connectivity index (χ1) is 6.74. The van der Waals surface area contributed by atoms with Gasteiger partial charge in [-0.25, -0.2) is 9.97 Å². The molecule has 2 aromatic rings. The van der Waals surface area contributed by atoms with E-state index in [-0.39, 0.29) is 0 Å². The lowest BCUT2D eigenvalue weighted by atomic mass is 10.6. The van der Waals surface area contributed by atoms with Crippen molar-refractivity contribution < 1.29 is 0 Å². The maximum Gasteiger partial charge on any atom is 0.183 e. The van der Waals surface area contributed by atoms with Gasteiger partial charge in [0.25, 0.3) is 0 Å². The van der Waals surface area contributed by atoms with Crippen molar-refractivity contribution in [2.45, 2.75) is 20.4 Å². The number of aryl methyl sites for hydroxylation is 2. The molecule has 0 unspecified atom stereocenters. The predicted octanol–water partition coefficient (Wildman–Crippen LogP) is 2.83. The second-order valence-electron chi connectivity index (χ2n) is 3.03. The number of hydrogen-bond donors (Lipinski definition) is 1. The molecule has 3 nitrogen and oxygen atoms in total. The Bertz CT molecular complexity index is 379. The van der Waals surface area contributed by atoms with E-state index in [1.54, 1.807) is 22.7 Å². The Morgan fingerprint density at radius 3 is 2.43 bits per heavy atom. The van der Waals surface area contributed by atoms with Gasteiger partial charge in [0.15, 0.2) is 5.13 Å². The molecule has 0 saturated carbocycles. The fraction of sp³-hybridized carbons (Fsp3) is 0.333. The number of aromatic nitrogens is 2. The van der Waals surface area contributed by atoms with E-state index in [0.717, 1.165) is 28.1 Å². The highest BCUT2D eigenvalue weighted by Crippen LogP contribution is 2.16. The number of nitrogens with one attached hydrogen (secondary N) is 1. The van der Waals surface area contributed by atoms with Crippen molar-refractivity contribution in [2.75, 3.05) is 5.32 Å². The Morgan fingerprint density at radius 1 is 1.14 bits per heavy atom. The first-order valence-electron chi connectivity index (χ1n) is 4.31. The molecule has 0 radical (unpaired) electrons. The number of nitrogens with zero attached hydrogens (tertiary/aromatic N) is 2. The fourth-order valence-electron chi connectivity index (χ4n) is 1.07. The topological polar surface area (TPSA) is 37.8 Å². The van der Waals surface area contributed by atoms with E-state index in [9.17, 15) is 0 Å². The summed E-state index contributed by atoms with van der Waals surface area (Å²) in [7, 11) is 0. The van der Waals surface area contributed by atoms with Crippen molar-refractivity contribution >= 4 is 27.8 Å². The lowest BCUT2D eigenvalue weighted by Crippen LogP contribution is -1.98. The summed E-state index contributed by atoms with van der Waals surface area (Å²) in [4.78, 5) is 8.68. The second kappa shape index (κ2) is 4.06. The molecule has 2 heterocycles. The minimum absolute atomic E-state index is 0.769. The number of anilines is 1. The fourth-order valence-corrected chi connectivity index (χ4v) is 2.47. The normalized spacial score (nSPS) is 10.4. The molecule has 0 aliphatic heterocycles. The number of hydrogen-bond acceptors (Lipinski definition) is 5. The van der Waals surface area contributed by atoms with Crippen LogP contribution in [0.5, 0.6) is 0 Å². The summed E-state index contributed by atoms with van der Waals surface area (Å²) in [5, 5.41) is 9.42. The van der Waals surface area contributed by atoms with Gasteiger partial charge >= 0.3 is 0 Å². The van der Waals surface area contributed by atoms with E-state index in [4.69, 9.17) is 0 Å². The summed E-state index contributed by atoms with van der Waals surface area (Å²) >= 11 is 3.31. The molecule has 0 saturated heterocycles. The highest BCUT2D eigenvalue weighted by atomic mass is 32.1. The summed E-state index contributed by atoms with van der Waals surface area (Å²) in [5.41, 5.74) is 2.15. The zero-order valence-electron chi connectivity index (χ0n) is 8.07. The predicted molar refractivity (Wildman–Crippen MR) is 61.0 cm³/mol. The van der Waals surface area contributed by atoms with Crippen LogP contribution in [0.15, 0.2) is 10.8 Å². The second-order valence-corrected chi connectivity index (χ2v) is 4.83. The van der Waals surface area contributed by atoms with Gasteiger partial charge < -0.3 is 5.32 Å². The van der Waals surface area contributed by atoms with Crippen molar-refractivity contribution in [1.82, 2.24) is 9.97 Å². The van der Waals surface area contributed by atoms with Gasteiger partial charge in [0.05, 0.1) is 12.2 Å². The van der Waals surface area contributed by atoms with Crippen molar-refractivity contribution in [3.05, 3.63) is 27.2 Å². The molecule has 0 aliphatic carbocycles. The highest BCUT2D eigenvalue weighted by Gasteiger charge is 2.00. The van der Waals surface area contributed by atoms with Crippen LogP contribution in [0.1, 0.15) is 16.4 Å². The monoisotopic (exact) mass is 225 g/mol. The first kappa shape index (κ1) is 9.61. The van der Waals surface area contributed by atoms with Crippen LogP contribution in [0, 0.1) is 13.8 Å². The Morgan fingerprint density at radius 2 is 1.86 bits per heavy atom. The van der Waals surface area contributed by atoms with E-state index >= 15 is 0 Å². The number of thiazole rings is 2. The highest BCUT2D eigenvalue weighted by molar-refractivity contribution is 7.13. The van der Waals surface area contributed by atoms with Gasteiger partial charge in [0.2, 0.25) is 0 Å². The van der Waals surface area contributed by atoms with Gasteiger partial charge in [-0.15, -0.1) is 22.7 Å². The molecule has 74 valence electrons. The molecule has 0 atom stereocenters. The van der Waals surface area contributed by atoms with Gasteiger partial charge in [-0.1, -0.05) is 0 Å². The summed E-state index contributed by atoms with van der Waals surface area (Å²) < 4.78 is 0. The van der Waals surface area contributed by atoms with Gasteiger partial charge in [-0.2, -0.15) is 0 Å². The summed E-state index contributed by atoms with van der Waals surface area (Å²) in [6, 6.07) is 0. The van der Waals surface area contributed by atoms with Crippen LogP contribution < -0.4 is 5.32 Å². The van der Waals surface area contributed by atoms with Crippen LogP contribution in [0.2, 0.25) is 0 Å². The summed E-state index contributed by atoms with van der Waals surface area (Å²) in [6.45, 7) is 4.77. The molecule has 0 aromatic carbocycles. The summed E-state index contributed by atoms with van der Waals surface area (Å²) in [6.07, 6.45) is 0. The number of rotatable bonds is 3. The SMILES string of the molecule is Cc1csc(CNc2nc(C)cs2)n1. The Kier molecular flexibility index (Phi) is 2.79. The average Bonchev–Trinajstić information content (AvgIpc) is 2.72. The van der Waals surface area contributed by atoms with Crippen molar-refractivity contribution in [1.29, 1.82) is 0 Å². The molecule has 2 rings (SSSR count). The van der Waals surface area contributed by atoms with Crippen LogP contribution >= 0.6 is 22.7 Å². The van der Waals surface area contributed by atoms with Crippen LogP contribution in [-0.2, 0) is 6.54 Å². The van der Waals surface area contributed by atoms with E-state index in [2.05, 4.69) is 20.7 Å². The standard InChI is InChI=1S/C9H11N3S2/c1-6-4-13-8(11-6)3-10-9-12-7(2)5-14-9/h4-5H,3H2,1-2H3,(H,10,12). The minimum Gasteiger partial charge on any atom is -0.355 e. The van der Waals surface area contributed by atoms with Gasteiger partial charge in [0, 0.05) is 16.5 Å². The van der Waals surface area contributed by atoms with E-state index in [0.29, 0.717) is 0 Å². The third kappa shape index (κ3) is 2.30. The zero-order valence-corrected chi connectivity index (χ0v) is 9.71. The van der Waals surface area contributed by atoms with Crippen LogP contribution in [0.3, 0.4) is 0 Å². The molecule has 0 aliphatic rings. The molecular formula is C9H11N3S2. The molecule has 1 N–H and O–H groups in total. The van der Waals surface area contributed by atoms with Gasteiger partial charge in [-0.3, -0.25) is 0 Å². The van der Waals surface area contributed by atoms with Crippen LogP contribution in [0.25, 0.3) is 0 Å². The molecule has 14 heavy (non-hydrogen) atoms. The molecule has 5 heteroatoms. The lowest BCUT2D eigenvalue weighted by Gasteiger charge is -1.97. The third-order valence-electron chi connectivity index (χ3n) is 1.68. The smallest absolute Gasteiger partial charge is 0.183 e. The van der Waals surface area contributed by atoms with E-state index in [1.807, 2.05) is 19.2 Å². The van der Waals surface area contributed by atoms with Gasteiger partial charge in [-0.05, 0) is 13.8 Å². The maximum absolute atomic E-state index is 4.37. The van der Waals surface area contributed by atoms with E-state index < -0.39 is 0 Å². The van der Waals surface area contributed by atoms with Crippen LogP contribution in [-0.4, -0.2) is 9.97 Å². The van der Waals surface area contributed by atoms with Crippen molar-refractivity contribution in [3.63, 3.8) is 0 Å². The molecule has 0 bridgehead atoms. The summed E-state index contributed by atoms with van der Waals surface area (Å²) in [5.74, 6) is 0. The molecule has 0 amide bonds. The zero-order chi connectivity index (χ0) is 9.97. The Hall–Kier alpha value is -0.940. The molecule has 2 aromatic heterocycles. The molecule has 0 fully saturated rings. The maximum atomic E-state index is 4.37.